The maximum absolute atomic E-state index is 13.8. The van der Waals surface area contributed by atoms with Crippen LogP contribution in [0, 0.1) is 5.82 Å². The first-order valence-electron chi connectivity index (χ1n) is 10.1. The van der Waals surface area contributed by atoms with Gasteiger partial charge in [0.2, 0.25) is 0 Å². The van der Waals surface area contributed by atoms with E-state index in [2.05, 4.69) is 0 Å². The summed E-state index contributed by atoms with van der Waals surface area (Å²) in [6.45, 7) is 1.95. The summed E-state index contributed by atoms with van der Waals surface area (Å²) in [6.07, 6.45) is 3.73. The zero-order valence-corrected chi connectivity index (χ0v) is 18.1. The van der Waals surface area contributed by atoms with Gasteiger partial charge in [-0.25, -0.2) is 13.9 Å². The number of para-hydroxylation sites is 1. The number of benzene rings is 3. The van der Waals surface area contributed by atoms with Crippen molar-refractivity contribution in [3.63, 3.8) is 0 Å². The van der Waals surface area contributed by atoms with Gasteiger partial charge >= 0.3 is 5.97 Å². The van der Waals surface area contributed by atoms with Crippen LogP contribution in [0.25, 0.3) is 29.1 Å². The SMILES string of the molecule is CCOC(=O)c1c(-c2ccc(F)c(Cl)c2)nn(-c2ccccc2)c1/C=C/c1ccccc1. The van der Waals surface area contributed by atoms with Crippen LogP contribution in [-0.4, -0.2) is 22.4 Å². The van der Waals surface area contributed by atoms with Crippen LogP contribution in [0.4, 0.5) is 4.39 Å². The van der Waals surface area contributed by atoms with E-state index in [-0.39, 0.29) is 17.2 Å². The molecule has 0 aliphatic rings. The van der Waals surface area contributed by atoms with E-state index < -0.39 is 11.8 Å². The summed E-state index contributed by atoms with van der Waals surface area (Å²) in [5.74, 6) is -1.06. The Morgan fingerprint density at radius 1 is 1.03 bits per heavy atom. The molecule has 0 N–H and O–H groups in total. The molecule has 0 radical (unpaired) electrons. The number of esters is 1. The molecule has 0 unspecified atom stereocenters. The predicted molar refractivity (Wildman–Crippen MR) is 125 cm³/mol. The van der Waals surface area contributed by atoms with Crippen molar-refractivity contribution in [2.45, 2.75) is 6.92 Å². The lowest BCUT2D eigenvalue weighted by Gasteiger charge is -2.06. The van der Waals surface area contributed by atoms with E-state index >= 15 is 0 Å². The number of rotatable bonds is 6. The number of aromatic nitrogens is 2. The summed E-state index contributed by atoms with van der Waals surface area (Å²) in [7, 11) is 0. The summed E-state index contributed by atoms with van der Waals surface area (Å²) >= 11 is 6.02. The van der Waals surface area contributed by atoms with Crippen molar-refractivity contribution in [2.75, 3.05) is 6.61 Å². The van der Waals surface area contributed by atoms with Gasteiger partial charge < -0.3 is 4.74 Å². The van der Waals surface area contributed by atoms with E-state index in [4.69, 9.17) is 21.4 Å². The van der Waals surface area contributed by atoms with Gasteiger partial charge in [-0.15, -0.1) is 0 Å². The highest BCUT2D eigenvalue weighted by Crippen LogP contribution is 2.32. The number of nitrogens with zero attached hydrogens (tertiary/aromatic N) is 2. The molecule has 4 rings (SSSR count). The molecule has 3 aromatic carbocycles. The average molecular weight is 447 g/mol. The van der Waals surface area contributed by atoms with Crippen molar-refractivity contribution >= 4 is 29.7 Å². The molecule has 0 aliphatic heterocycles. The van der Waals surface area contributed by atoms with Gasteiger partial charge in [0, 0.05) is 5.56 Å². The standard InChI is InChI=1S/C26H20ClFN2O2/c1-2-32-26(31)24-23(16-13-18-9-5-3-6-10-18)30(20-11-7-4-8-12-20)29-25(24)19-14-15-22(28)21(27)17-19/h3-17H,2H2,1H3/b16-13+. The third-order valence-corrected chi connectivity index (χ3v) is 5.12. The first-order valence-corrected chi connectivity index (χ1v) is 10.5. The van der Waals surface area contributed by atoms with E-state index in [1.165, 1.54) is 12.1 Å². The molecule has 0 atom stereocenters. The Labute approximate surface area is 190 Å². The van der Waals surface area contributed by atoms with Crippen LogP contribution in [0.1, 0.15) is 28.5 Å². The number of carbonyl (C=O) groups is 1. The van der Waals surface area contributed by atoms with Crippen molar-refractivity contribution < 1.29 is 13.9 Å². The first kappa shape index (κ1) is 21.5. The minimum absolute atomic E-state index is 0.0482. The Bertz CT molecular complexity index is 1270. The van der Waals surface area contributed by atoms with Crippen LogP contribution in [0.5, 0.6) is 0 Å². The molecule has 6 heteroatoms. The fourth-order valence-corrected chi connectivity index (χ4v) is 3.52. The summed E-state index contributed by atoms with van der Waals surface area (Å²) in [5.41, 5.74) is 3.45. The molecule has 0 saturated carbocycles. The van der Waals surface area contributed by atoms with Crippen molar-refractivity contribution in [3.8, 4) is 16.9 Å². The number of hydrogen-bond donors (Lipinski definition) is 0. The number of hydrogen-bond acceptors (Lipinski definition) is 3. The van der Waals surface area contributed by atoms with Gasteiger partial charge in [0.25, 0.3) is 0 Å². The maximum atomic E-state index is 13.8. The van der Waals surface area contributed by atoms with Gasteiger partial charge in [0.15, 0.2) is 0 Å². The minimum atomic E-state index is -0.542. The Hall–Kier alpha value is -3.70. The molecule has 160 valence electrons. The van der Waals surface area contributed by atoms with Crippen LogP contribution in [0.15, 0.2) is 78.9 Å². The summed E-state index contributed by atoms with van der Waals surface area (Å²) in [6, 6.07) is 23.5. The molecule has 0 saturated heterocycles. The van der Waals surface area contributed by atoms with Gasteiger partial charge in [-0.1, -0.05) is 66.2 Å². The monoisotopic (exact) mass is 446 g/mol. The molecule has 0 fully saturated rings. The van der Waals surface area contributed by atoms with Gasteiger partial charge in [-0.05, 0) is 48.9 Å². The molecule has 4 nitrogen and oxygen atoms in total. The zero-order chi connectivity index (χ0) is 22.5. The molecular weight excluding hydrogens is 427 g/mol. The molecule has 0 bridgehead atoms. The van der Waals surface area contributed by atoms with Crippen LogP contribution in [0.2, 0.25) is 5.02 Å². The summed E-state index contributed by atoms with van der Waals surface area (Å²) < 4.78 is 20.8. The van der Waals surface area contributed by atoms with Crippen LogP contribution < -0.4 is 0 Å². The predicted octanol–water partition coefficient (Wildman–Crippen LogP) is 6.68. The largest absolute Gasteiger partial charge is 0.462 e. The summed E-state index contributed by atoms with van der Waals surface area (Å²) in [5, 5.41) is 4.67. The lowest BCUT2D eigenvalue weighted by atomic mass is 10.0. The van der Waals surface area contributed by atoms with E-state index in [0.717, 1.165) is 11.3 Å². The average Bonchev–Trinajstić information content (AvgIpc) is 3.20. The van der Waals surface area contributed by atoms with E-state index in [1.54, 1.807) is 17.7 Å². The van der Waals surface area contributed by atoms with E-state index in [0.29, 0.717) is 17.0 Å². The van der Waals surface area contributed by atoms with Crippen LogP contribution in [-0.2, 0) is 4.74 Å². The quantitative estimate of drug-likeness (QED) is 0.310. The van der Waals surface area contributed by atoms with Gasteiger partial charge in [-0.2, -0.15) is 5.10 Å². The molecule has 1 heterocycles. The second-order valence-electron chi connectivity index (χ2n) is 6.95. The lowest BCUT2D eigenvalue weighted by molar-refractivity contribution is 0.0527. The molecule has 4 aromatic rings. The first-order chi connectivity index (χ1) is 15.6. The van der Waals surface area contributed by atoms with E-state index in [9.17, 15) is 9.18 Å². The normalized spacial score (nSPS) is 11.1. The molecule has 0 spiro atoms. The van der Waals surface area contributed by atoms with Crippen molar-refractivity contribution in [1.82, 2.24) is 9.78 Å². The third kappa shape index (κ3) is 4.48. The topological polar surface area (TPSA) is 44.1 Å². The smallest absolute Gasteiger partial charge is 0.342 e. The highest BCUT2D eigenvalue weighted by molar-refractivity contribution is 6.31. The highest BCUT2D eigenvalue weighted by atomic mass is 35.5. The van der Waals surface area contributed by atoms with Crippen molar-refractivity contribution in [2.24, 2.45) is 0 Å². The Kier molecular flexibility index (Phi) is 6.47. The molecule has 0 aliphatic carbocycles. The Morgan fingerprint density at radius 3 is 2.38 bits per heavy atom. The third-order valence-electron chi connectivity index (χ3n) is 4.83. The maximum Gasteiger partial charge on any atom is 0.342 e. The molecule has 1 aromatic heterocycles. The van der Waals surface area contributed by atoms with Gasteiger partial charge in [0.1, 0.15) is 17.1 Å². The number of ether oxygens (including phenoxy) is 1. The van der Waals surface area contributed by atoms with Crippen LogP contribution in [0.3, 0.4) is 0 Å². The zero-order valence-electron chi connectivity index (χ0n) is 17.3. The molecular formula is C26H20ClFN2O2. The highest BCUT2D eigenvalue weighted by Gasteiger charge is 2.26. The van der Waals surface area contributed by atoms with Gasteiger partial charge in [-0.3, -0.25) is 0 Å². The van der Waals surface area contributed by atoms with Crippen LogP contribution >= 0.6 is 11.6 Å². The fourth-order valence-electron chi connectivity index (χ4n) is 3.34. The number of halogens is 2. The van der Waals surface area contributed by atoms with Crippen molar-refractivity contribution in [3.05, 3.63) is 107 Å². The number of carbonyl (C=O) groups excluding carboxylic acids is 1. The molecule has 0 amide bonds. The molecule has 32 heavy (non-hydrogen) atoms. The Morgan fingerprint density at radius 2 is 1.72 bits per heavy atom. The Balaban J connectivity index is 1.97. The van der Waals surface area contributed by atoms with E-state index in [1.807, 2.05) is 72.8 Å². The van der Waals surface area contributed by atoms with Crippen molar-refractivity contribution in [1.29, 1.82) is 0 Å². The lowest BCUT2D eigenvalue weighted by Crippen LogP contribution is -2.08. The fraction of sp³-hybridized carbons (Fsp3) is 0.0769. The van der Waals surface area contributed by atoms with Gasteiger partial charge in [0.05, 0.1) is 23.0 Å². The second kappa shape index (κ2) is 9.62. The minimum Gasteiger partial charge on any atom is -0.462 e. The second-order valence-corrected chi connectivity index (χ2v) is 7.36. The summed E-state index contributed by atoms with van der Waals surface area (Å²) in [4.78, 5) is 13.1.